The molecule has 2 fully saturated rings. The Morgan fingerprint density at radius 2 is 1.94 bits per heavy atom. The van der Waals surface area contributed by atoms with Gasteiger partial charge in [-0.25, -0.2) is 14.0 Å². The van der Waals surface area contributed by atoms with Crippen molar-refractivity contribution in [2.24, 2.45) is 5.92 Å². The molecule has 18 heavy (non-hydrogen) atoms. The van der Waals surface area contributed by atoms with E-state index in [0.717, 1.165) is 4.90 Å². The van der Waals surface area contributed by atoms with Crippen LogP contribution in [0.1, 0.15) is 33.6 Å². The third kappa shape index (κ3) is 2.15. The number of rotatable bonds is 1. The first-order valence-electron chi connectivity index (χ1n) is 6.09. The van der Waals surface area contributed by atoms with Gasteiger partial charge in [0.2, 0.25) is 0 Å². The van der Waals surface area contributed by atoms with Crippen LogP contribution in [-0.4, -0.2) is 45.9 Å². The summed E-state index contributed by atoms with van der Waals surface area (Å²) in [5.41, 5.74) is -0.715. The molecule has 0 aromatic heterocycles. The lowest BCUT2D eigenvalue weighted by Gasteiger charge is -2.35. The Morgan fingerprint density at radius 1 is 1.33 bits per heavy atom. The summed E-state index contributed by atoms with van der Waals surface area (Å²) in [7, 11) is 0. The molecule has 1 heterocycles. The second-order valence-corrected chi connectivity index (χ2v) is 5.99. The lowest BCUT2D eigenvalue weighted by Crippen LogP contribution is -2.53. The molecule has 0 radical (unpaired) electrons. The second kappa shape index (κ2) is 4.10. The van der Waals surface area contributed by atoms with E-state index in [1.165, 1.54) is 0 Å². The number of carbonyl (C=O) groups excluding carboxylic acids is 1. The van der Waals surface area contributed by atoms with Crippen LogP contribution in [0.3, 0.4) is 0 Å². The molecule has 1 aliphatic heterocycles. The standard InChI is InChI=1S/C12H18FNO4/c1-12(2,3)18-11(17)14-8-5-6(4-7(8)13)9(14)10(15)16/h6-9H,4-5H2,1-3H3,(H,15,16)/t6?,7-,8?,9+/m1/s1. The normalized spacial score (nSPS) is 34.8. The van der Waals surface area contributed by atoms with Crippen molar-refractivity contribution in [1.29, 1.82) is 0 Å². The van der Waals surface area contributed by atoms with Gasteiger partial charge in [0, 0.05) is 0 Å². The maximum Gasteiger partial charge on any atom is 0.411 e. The summed E-state index contributed by atoms with van der Waals surface area (Å²) in [6.45, 7) is 5.09. The van der Waals surface area contributed by atoms with E-state index in [0.29, 0.717) is 6.42 Å². The number of halogens is 1. The molecular weight excluding hydrogens is 241 g/mol. The molecule has 1 aliphatic carbocycles. The van der Waals surface area contributed by atoms with Crippen molar-refractivity contribution in [2.75, 3.05) is 0 Å². The lowest BCUT2D eigenvalue weighted by atomic mass is 9.98. The fraction of sp³-hybridized carbons (Fsp3) is 0.833. The fourth-order valence-corrected chi connectivity index (χ4v) is 2.86. The van der Waals surface area contributed by atoms with Crippen molar-refractivity contribution in [3.05, 3.63) is 0 Å². The molecule has 2 aliphatic rings. The summed E-state index contributed by atoms with van der Waals surface area (Å²) in [6.07, 6.45) is -1.24. The van der Waals surface area contributed by atoms with Gasteiger partial charge >= 0.3 is 12.1 Å². The first kappa shape index (κ1) is 13.1. The highest BCUT2D eigenvalue weighted by atomic mass is 19.1. The Hall–Kier alpha value is -1.33. The Labute approximate surface area is 105 Å². The zero-order valence-corrected chi connectivity index (χ0v) is 10.7. The number of alkyl halides is 1. The van der Waals surface area contributed by atoms with Crippen LogP contribution in [-0.2, 0) is 9.53 Å². The molecule has 0 aromatic rings. The maximum absolute atomic E-state index is 13.7. The van der Waals surface area contributed by atoms with E-state index < -0.39 is 35.9 Å². The topological polar surface area (TPSA) is 66.8 Å². The molecule has 0 spiro atoms. The zero-order valence-electron chi connectivity index (χ0n) is 10.7. The number of fused-ring (bicyclic) bond motifs is 2. The first-order chi connectivity index (χ1) is 8.20. The van der Waals surface area contributed by atoms with Crippen LogP contribution in [0.2, 0.25) is 0 Å². The number of aliphatic carboxylic acids is 1. The summed E-state index contributed by atoms with van der Waals surface area (Å²) >= 11 is 0. The van der Waals surface area contributed by atoms with Gasteiger partial charge in [-0.05, 0) is 39.5 Å². The number of nitrogens with zero attached hydrogens (tertiary/aromatic N) is 1. The molecule has 1 amide bonds. The van der Waals surface area contributed by atoms with Crippen molar-refractivity contribution in [1.82, 2.24) is 4.90 Å². The number of piperidine rings is 1. The summed E-state index contributed by atoms with van der Waals surface area (Å²) in [6, 6.07) is -1.59. The molecule has 2 bridgehead atoms. The quantitative estimate of drug-likeness (QED) is 0.779. The van der Waals surface area contributed by atoms with Crippen molar-refractivity contribution >= 4 is 12.1 Å². The van der Waals surface area contributed by atoms with E-state index in [4.69, 9.17) is 9.84 Å². The van der Waals surface area contributed by atoms with Crippen LogP contribution < -0.4 is 0 Å². The maximum atomic E-state index is 13.7. The number of carboxylic acid groups (broad SMARTS) is 1. The summed E-state index contributed by atoms with van der Waals surface area (Å²) in [5, 5.41) is 9.17. The number of amides is 1. The van der Waals surface area contributed by atoms with E-state index in [2.05, 4.69) is 0 Å². The number of hydrogen-bond acceptors (Lipinski definition) is 3. The van der Waals surface area contributed by atoms with Crippen LogP contribution in [0.5, 0.6) is 0 Å². The van der Waals surface area contributed by atoms with Gasteiger partial charge in [-0.3, -0.25) is 4.90 Å². The molecule has 4 atom stereocenters. The highest BCUT2D eigenvalue weighted by Gasteiger charge is 2.57. The van der Waals surface area contributed by atoms with Gasteiger partial charge in [0.25, 0.3) is 0 Å². The SMILES string of the molecule is CC(C)(C)OC(=O)N1C2CC(C[C@H]2F)[C@H]1C(=O)O. The number of carboxylic acids is 1. The number of ether oxygens (including phenoxy) is 1. The molecule has 1 saturated carbocycles. The predicted molar refractivity (Wildman–Crippen MR) is 60.9 cm³/mol. The van der Waals surface area contributed by atoms with E-state index >= 15 is 0 Å². The zero-order chi connectivity index (χ0) is 13.7. The third-order valence-electron chi connectivity index (χ3n) is 3.45. The van der Waals surface area contributed by atoms with Crippen molar-refractivity contribution in [3.8, 4) is 0 Å². The van der Waals surface area contributed by atoms with Crippen LogP contribution in [0.15, 0.2) is 0 Å². The second-order valence-electron chi connectivity index (χ2n) is 5.99. The van der Waals surface area contributed by atoms with Gasteiger partial charge in [-0.2, -0.15) is 0 Å². The minimum atomic E-state index is -1.14. The summed E-state index contributed by atoms with van der Waals surface area (Å²) < 4.78 is 18.8. The van der Waals surface area contributed by atoms with Crippen molar-refractivity contribution in [2.45, 2.75) is 57.5 Å². The third-order valence-corrected chi connectivity index (χ3v) is 3.45. The van der Waals surface area contributed by atoms with E-state index in [1.54, 1.807) is 20.8 Å². The van der Waals surface area contributed by atoms with Crippen molar-refractivity contribution < 1.29 is 23.8 Å². The first-order valence-corrected chi connectivity index (χ1v) is 6.09. The van der Waals surface area contributed by atoms with Gasteiger partial charge in [0.1, 0.15) is 17.8 Å². The van der Waals surface area contributed by atoms with Crippen LogP contribution in [0.4, 0.5) is 9.18 Å². The number of hydrogen-bond donors (Lipinski definition) is 1. The molecule has 5 nitrogen and oxygen atoms in total. The molecule has 0 aromatic carbocycles. The number of likely N-dealkylation sites (tertiary alicyclic amines) is 1. The molecule has 102 valence electrons. The monoisotopic (exact) mass is 259 g/mol. The summed E-state index contributed by atoms with van der Waals surface area (Å²) in [4.78, 5) is 24.3. The molecule has 2 unspecified atom stereocenters. The van der Waals surface area contributed by atoms with Gasteiger partial charge in [0.15, 0.2) is 0 Å². The van der Waals surface area contributed by atoms with Crippen LogP contribution in [0, 0.1) is 5.92 Å². The van der Waals surface area contributed by atoms with Crippen LogP contribution in [0.25, 0.3) is 0 Å². The van der Waals surface area contributed by atoms with Gasteiger partial charge in [-0.1, -0.05) is 0 Å². The smallest absolute Gasteiger partial charge is 0.411 e. The Morgan fingerprint density at radius 3 is 2.44 bits per heavy atom. The van der Waals surface area contributed by atoms with E-state index in [-0.39, 0.29) is 12.3 Å². The van der Waals surface area contributed by atoms with Gasteiger partial charge in [-0.15, -0.1) is 0 Å². The van der Waals surface area contributed by atoms with Crippen LogP contribution >= 0.6 is 0 Å². The minimum absolute atomic E-state index is 0.223. The Balaban J connectivity index is 2.19. The van der Waals surface area contributed by atoms with Gasteiger partial charge < -0.3 is 9.84 Å². The Bertz CT molecular complexity index is 379. The van der Waals surface area contributed by atoms with E-state index in [9.17, 15) is 14.0 Å². The highest BCUT2D eigenvalue weighted by Crippen LogP contribution is 2.44. The largest absolute Gasteiger partial charge is 0.480 e. The predicted octanol–water partition coefficient (Wildman–Crippen LogP) is 1.81. The molecule has 2 rings (SSSR count). The average Bonchev–Trinajstić information content (AvgIpc) is 2.69. The highest BCUT2D eigenvalue weighted by molar-refractivity contribution is 5.82. The van der Waals surface area contributed by atoms with Crippen molar-refractivity contribution in [3.63, 3.8) is 0 Å². The van der Waals surface area contributed by atoms with Gasteiger partial charge in [0.05, 0.1) is 6.04 Å². The number of carbonyl (C=O) groups is 2. The molecule has 6 heteroatoms. The fourth-order valence-electron chi connectivity index (χ4n) is 2.86. The molecule has 1 N–H and O–H groups in total. The van der Waals surface area contributed by atoms with E-state index in [1.807, 2.05) is 0 Å². The summed E-state index contributed by atoms with van der Waals surface area (Å²) in [5.74, 6) is -1.38. The minimum Gasteiger partial charge on any atom is -0.480 e. The lowest BCUT2D eigenvalue weighted by molar-refractivity contribution is -0.145. The Kier molecular flexibility index (Phi) is 2.99. The molecular formula is C12H18FNO4. The molecule has 1 saturated heterocycles. The average molecular weight is 259 g/mol.